The van der Waals surface area contributed by atoms with Gasteiger partial charge in [-0.05, 0) is 81.3 Å². The topological polar surface area (TPSA) is 102 Å². The van der Waals surface area contributed by atoms with E-state index < -0.39 is 0 Å². The molecule has 2 heterocycles. The molecule has 34 heavy (non-hydrogen) atoms. The predicted molar refractivity (Wildman–Crippen MR) is 128 cm³/mol. The lowest BCUT2D eigenvalue weighted by atomic mass is 10.1. The van der Waals surface area contributed by atoms with Crippen molar-refractivity contribution in [3.05, 3.63) is 77.2 Å². The summed E-state index contributed by atoms with van der Waals surface area (Å²) in [6.07, 6.45) is 2.33. The van der Waals surface area contributed by atoms with Crippen LogP contribution in [-0.4, -0.2) is 27.1 Å². The number of hydrogen-bond acceptors (Lipinski definition) is 6. The van der Waals surface area contributed by atoms with Gasteiger partial charge >= 0.3 is 0 Å². The van der Waals surface area contributed by atoms with Crippen molar-refractivity contribution in [2.45, 2.75) is 33.6 Å². The van der Waals surface area contributed by atoms with Gasteiger partial charge in [0.1, 0.15) is 28.9 Å². The number of anilines is 1. The van der Waals surface area contributed by atoms with Crippen molar-refractivity contribution in [3.63, 3.8) is 0 Å². The van der Waals surface area contributed by atoms with Crippen molar-refractivity contribution in [2.75, 3.05) is 11.9 Å². The molecule has 1 N–H and O–H groups in total. The lowest BCUT2D eigenvalue weighted by Gasteiger charge is -2.12. The van der Waals surface area contributed by atoms with Crippen LogP contribution in [-0.2, 0) is 11.2 Å². The molecular formula is C26H25N5O3. The van der Waals surface area contributed by atoms with Gasteiger partial charge in [0.2, 0.25) is 5.91 Å². The van der Waals surface area contributed by atoms with Crippen LogP contribution in [0.3, 0.4) is 0 Å². The number of rotatable bonds is 8. The predicted octanol–water partition coefficient (Wildman–Crippen LogP) is 4.98. The van der Waals surface area contributed by atoms with Gasteiger partial charge in [-0.3, -0.25) is 4.79 Å². The Hall–Kier alpha value is -4.38. The van der Waals surface area contributed by atoms with Crippen LogP contribution in [0, 0.1) is 25.2 Å². The molecule has 0 bridgehead atoms. The number of amides is 1. The van der Waals surface area contributed by atoms with Crippen LogP contribution in [0.5, 0.6) is 17.2 Å². The molecule has 8 nitrogen and oxygen atoms in total. The van der Waals surface area contributed by atoms with Gasteiger partial charge in [0.05, 0.1) is 12.8 Å². The summed E-state index contributed by atoms with van der Waals surface area (Å²) in [5, 5.41) is 16.4. The summed E-state index contributed by atoms with van der Waals surface area (Å²) in [7, 11) is 0. The number of carbonyl (C=O) groups excluding carboxylic acids is 1. The van der Waals surface area contributed by atoms with E-state index in [4.69, 9.17) is 9.47 Å². The normalized spacial score (nSPS) is 10.6. The fourth-order valence-corrected chi connectivity index (χ4v) is 3.73. The van der Waals surface area contributed by atoms with Crippen LogP contribution in [0.2, 0.25) is 0 Å². The Morgan fingerprint density at radius 3 is 2.35 bits per heavy atom. The molecule has 8 heteroatoms. The van der Waals surface area contributed by atoms with Crippen molar-refractivity contribution in [1.82, 2.24) is 14.6 Å². The van der Waals surface area contributed by atoms with Crippen molar-refractivity contribution < 1.29 is 14.3 Å². The van der Waals surface area contributed by atoms with E-state index in [-0.39, 0.29) is 5.91 Å². The van der Waals surface area contributed by atoms with Crippen LogP contribution >= 0.6 is 0 Å². The summed E-state index contributed by atoms with van der Waals surface area (Å²) in [6.45, 7) is 6.37. The number of benzene rings is 2. The van der Waals surface area contributed by atoms with Gasteiger partial charge in [-0.2, -0.15) is 10.4 Å². The zero-order valence-electron chi connectivity index (χ0n) is 19.3. The van der Waals surface area contributed by atoms with Crippen LogP contribution in [0.25, 0.3) is 5.65 Å². The highest BCUT2D eigenvalue weighted by molar-refractivity contribution is 5.90. The molecule has 0 fully saturated rings. The Kier molecular flexibility index (Phi) is 6.74. The van der Waals surface area contributed by atoms with Gasteiger partial charge in [0.25, 0.3) is 0 Å². The molecule has 2 aromatic heterocycles. The van der Waals surface area contributed by atoms with Crippen molar-refractivity contribution in [3.8, 4) is 23.3 Å². The summed E-state index contributed by atoms with van der Waals surface area (Å²) < 4.78 is 12.9. The summed E-state index contributed by atoms with van der Waals surface area (Å²) in [6, 6.07) is 16.7. The van der Waals surface area contributed by atoms with E-state index in [0.29, 0.717) is 47.8 Å². The molecule has 0 aliphatic heterocycles. The molecule has 0 saturated heterocycles. The number of fused-ring (bicyclic) bond motifs is 1. The highest BCUT2D eigenvalue weighted by atomic mass is 16.5. The molecule has 2 aromatic carbocycles. The fraction of sp³-hybridized carbons (Fsp3) is 0.231. The first-order valence-electron chi connectivity index (χ1n) is 11.0. The molecule has 172 valence electrons. The highest BCUT2D eigenvalue weighted by Gasteiger charge is 2.15. The highest BCUT2D eigenvalue weighted by Crippen LogP contribution is 2.25. The number of aryl methyl sites for hydroxylation is 2. The maximum absolute atomic E-state index is 12.5. The number of ether oxygens (including phenoxy) is 2. The number of nitriles is 1. The second kappa shape index (κ2) is 10.0. The number of aromatic nitrogens is 3. The van der Waals surface area contributed by atoms with E-state index in [1.54, 1.807) is 16.6 Å². The molecule has 0 unspecified atom stereocenters. The van der Waals surface area contributed by atoms with E-state index >= 15 is 0 Å². The van der Waals surface area contributed by atoms with Gasteiger partial charge < -0.3 is 14.8 Å². The van der Waals surface area contributed by atoms with Gasteiger partial charge in [-0.15, -0.1) is 0 Å². The first-order valence-corrected chi connectivity index (χ1v) is 11.0. The molecule has 1 amide bonds. The van der Waals surface area contributed by atoms with Gasteiger partial charge in [-0.1, -0.05) is 0 Å². The van der Waals surface area contributed by atoms with Crippen LogP contribution in [0.15, 0.2) is 54.7 Å². The number of hydrogen-bond donors (Lipinski definition) is 1. The lowest BCUT2D eigenvalue weighted by Crippen LogP contribution is -2.14. The zero-order valence-corrected chi connectivity index (χ0v) is 19.3. The van der Waals surface area contributed by atoms with Gasteiger partial charge in [0.15, 0.2) is 5.65 Å². The smallest absolute Gasteiger partial charge is 0.224 e. The van der Waals surface area contributed by atoms with Crippen molar-refractivity contribution in [2.24, 2.45) is 0 Å². The number of carbonyl (C=O) groups is 1. The molecule has 0 radical (unpaired) electrons. The number of nitrogens with zero attached hydrogens (tertiary/aromatic N) is 4. The van der Waals surface area contributed by atoms with E-state index in [9.17, 15) is 10.1 Å². The third-order valence-corrected chi connectivity index (χ3v) is 5.44. The standard InChI is InChI=1S/C26H25N5O3/c1-4-33-21-9-11-23(12-10-21)34-22-7-5-20(6-8-22)30-25(32)14-13-24-17(2)29-26-19(15-27)16-28-31(26)18(24)3/h5-12,16H,4,13-14H2,1-3H3,(H,30,32). The Balaban J connectivity index is 1.35. The van der Waals surface area contributed by atoms with Crippen molar-refractivity contribution in [1.29, 1.82) is 5.26 Å². The maximum Gasteiger partial charge on any atom is 0.224 e. The zero-order chi connectivity index (χ0) is 24.1. The Morgan fingerprint density at radius 2 is 1.71 bits per heavy atom. The summed E-state index contributed by atoms with van der Waals surface area (Å²) in [5.41, 5.74) is 4.30. The molecule has 4 rings (SSSR count). The van der Waals surface area contributed by atoms with E-state index in [2.05, 4.69) is 21.5 Å². The summed E-state index contributed by atoms with van der Waals surface area (Å²) in [4.78, 5) is 17.1. The average Bonchev–Trinajstić information content (AvgIpc) is 3.24. The van der Waals surface area contributed by atoms with Gasteiger partial charge in [-0.25, -0.2) is 9.50 Å². The second-order valence-electron chi connectivity index (χ2n) is 7.75. The van der Waals surface area contributed by atoms with Crippen LogP contribution in [0.1, 0.15) is 35.9 Å². The van der Waals surface area contributed by atoms with E-state index in [0.717, 1.165) is 22.7 Å². The summed E-state index contributed by atoms with van der Waals surface area (Å²) in [5.74, 6) is 2.07. The molecule has 0 saturated carbocycles. The minimum atomic E-state index is -0.0998. The Labute approximate surface area is 197 Å². The third kappa shape index (κ3) is 4.99. The maximum atomic E-state index is 12.5. The van der Waals surface area contributed by atoms with Crippen molar-refractivity contribution >= 4 is 17.2 Å². The molecule has 0 aliphatic carbocycles. The minimum absolute atomic E-state index is 0.0998. The largest absolute Gasteiger partial charge is 0.494 e. The Morgan fingerprint density at radius 1 is 1.06 bits per heavy atom. The fourth-order valence-electron chi connectivity index (χ4n) is 3.73. The van der Waals surface area contributed by atoms with Gasteiger partial charge in [0, 0.05) is 23.5 Å². The Bertz CT molecular complexity index is 1350. The molecule has 0 aliphatic rings. The molecule has 4 aromatic rings. The third-order valence-electron chi connectivity index (χ3n) is 5.44. The number of nitrogens with one attached hydrogen (secondary N) is 1. The first kappa shape index (κ1) is 22.8. The molecular weight excluding hydrogens is 430 g/mol. The second-order valence-corrected chi connectivity index (χ2v) is 7.75. The lowest BCUT2D eigenvalue weighted by molar-refractivity contribution is -0.116. The van der Waals surface area contributed by atoms with Crippen LogP contribution < -0.4 is 14.8 Å². The van der Waals surface area contributed by atoms with E-state index in [1.807, 2.05) is 57.2 Å². The SMILES string of the molecule is CCOc1ccc(Oc2ccc(NC(=O)CCc3c(C)nc4c(C#N)cnn4c3C)cc2)cc1. The summed E-state index contributed by atoms with van der Waals surface area (Å²) >= 11 is 0. The van der Waals surface area contributed by atoms with E-state index in [1.165, 1.54) is 6.20 Å². The monoisotopic (exact) mass is 455 g/mol. The minimum Gasteiger partial charge on any atom is -0.494 e. The molecule has 0 atom stereocenters. The first-order chi connectivity index (χ1) is 16.5. The molecule has 0 spiro atoms. The average molecular weight is 456 g/mol. The quantitative estimate of drug-likeness (QED) is 0.402. The van der Waals surface area contributed by atoms with Crippen LogP contribution in [0.4, 0.5) is 5.69 Å².